The van der Waals surface area contributed by atoms with Crippen molar-refractivity contribution in [2.24, 2.45) is 0 Å². The number of carbonyl (C=O) groups excluding carboxylic acids is 1. The van der Waals surface area contributed by atoms with Crippen LogP contribution < -0.4 is 10.6 Å². The smallest absolute Gasteiger partial charge is 0.222 e. The Kier molecular flexibility index (Phi) is 8.59. The quantitative estimate of drug-likeness (QED) is 0.543. The first kappa shape index (κ1) is 20.3. The van der Waals surface area contributed by atoms with Crippen LogP contribution in [0.4, 0.5) is 0 Å². The molecule has 5 heteroatoms. The van der Waals surface area contributed by atoms with Crippen molar-refractivity contribution in [1.82, 2.24) is 15.5 Å². The number of amides is 1. The number of benzene rings is 1. The van der Waals surface area contributed by atoms with Gasteiger partial charge in [0.05, 0.1) is 19.1 Å². The molecule has 0 radical (unpaired) electrons. The van der Waals surface area contributed by atoms with Gasteiger partial charge >= 0.3 is 0 Å². The highest BCUT2D eigenvalue weighted by Crippen LogP contribution is 2.17. The molecule has 1 saturated heterocycles. The number of rotatable bonds is 8. The summed E-state index contributed by atoms with van der Waals surface area (Å²) >= 11 is 0. The van der Waals surface area contributed by atoms with Crippen molar-refractivity contribution in [3.63, 3.8) is 0 Å². The number of nitrogens with zero attached hydrogens (tertiary/aromatic N) is 1. The summed E-state index contributed by atoms with van der Waals surface area (Å²) in [6.07, 6.45) is 8.43. The molecule has 1 aromatic carbocycles. The van der Waals surface area contributed by atoms with Gasteiger partial charge in [-0.25, -0.2) is 0 Å². The maximum Gasteiger partial charge on any atom is 0.222 e. The molecule has 2 N–H and O–H groups in total. The maximum atomic E-state index is 12.2. The van der Waals surface area contributed by atoms with E-state index in [-0.39, 0.29) is 12.0 Å². The summed E-state index contributed by atoms with van der Waals surface area (Å²) in [4.78, 5) is 14.6. The standard InChI is InChI=1S/C22H35N3O2/c26-22(24-13-12-23-20-10-6-1-2-7-11-20)16-21-18-25(14-15-27-21)17-19-8-4-3-5-9-19/h3-5,8-9,20-21,23H,1-2,6-7,10-18H2,(H,24,26). The Morgan fingerprint density at radius 3 is 2.63 bits per heavy atom. The largest absolute Gasteiger partial charge is 0.375 e. The average molecular weight is 374 g/mol. The summed E-state index contributed by atoms with van der Waals surface area (Å²) in [7, 11) is 0. The van der Waals surface area contributed by atoms with Gasteiger partial charge in [-0.15, -0.1) is 0 Å². The molecule has 1 aliphatic carbocycles. The van der Waals surface area contributed by atoms with Gasteiger partial charge in [0.15, 0.2) is 0 Å². The van der Waals surface area contributed by atoms with E-state index in [0.29, 0.717) is 25.6 Å². The molecule has 0 aromatic heterocycles. The van der Waals surface area contributed by atoms with Gasteiger partial charge in [-0.05, 0) is 18.4 Å². The Balaban J connectivity index is 1.30. The number of morpholine rings is 1. The molecule has 1 unspecified atom stereocenters. The first-order valence-corrected chi connectivity index (χ1v) is 10.7. The number of hydrogen-bond acceptors (Lipinski definition) is 4. The normalized spacial score (nSPS) is 22.3. The molecule has 0 spiro atoms. The molecule has 2 fully saturated rings. The molecule has 1 aliphatic heterocycles. The predicted octanol–water partition coefficient (Wildman–Crippen LogP) is 2.71. The van der Waals surface area contributed by atoms with Crippen LogP contribution in [0.5, 0.6) is 0 Å². The van der Waals surface area contributed by atoms with Crippen molar-refractivity contribution < 1.29 is 9.53 Å². The summed E-state index contributed by atoms with van der Waals surface area (Å²) in [5.74, 6) is 0.101. The van der Waals surface area contributed by atoms with Crippen LogP contribution in [0, 0.1) is 0 Å². The minimum absolute atomic E-state index is 0.00252. The highest BCUT2D eigenvalue weighted by Gasteiger charge is 2.22. The van der Waals surface area contributed by atoms with Gasteiger partial charge in [-0.1, -0.05) is 56.0 Å². The Morgan fingerprint density at radius 2 is 1.85 bits per heavy atom. The molecule has 2 aliphatic rings. The molecule has 27 heavy (non-hydrogen) atoms. The number of ether oxygens (including phenoxy) is 1. The van der Waals surface area contributed by atoms with Gasteiger partial charge < -0.3 is 15.4 Å². The van der Waals surface area contributed by atoms with E-state index in [1.54, 1.807) is 0 Å². The Bertz CT molecular complexity index is 544. The van der Waals surface area contributed by atoms with Crippen molar-refractivity contribution in [2.75, 3.05) is 32.8 Å². The molecule has 3 rings (SSSR count). The third-order valence-electron chi connectivity index (χ3n) is 5.62. The molecule has 150 valence electrons. The van der Waals surface area contributed by atoms with E-state index in [9.17, 15) is 4.79 Å². The van der Waals surface area contributed by atoms with Gasteiger partial charge in [0.1, 0.15) is 0 Å². The fourth-order valence-corrected chi connectivity index (χ4v) is 4.13. The highest BCUT2D eigenvalue weighted by atomic mass is 16.5. The van der Waals surface area contributed by atoms with E-state index >= 15 is 0 Å². The van der Waals surface area contributed by atoms with Crippen LogP contribution in [0.1, 0.15) is 50.5 Å². The zero-order chi connectivity index (χ0) is 18.7. The summed E-state index contributed by atoms with van der Waals surface area (Å²) < 4.78 is 5.81. The monoisotopic (exact) mass is 373 g/mol. The van der Waals surface area contributed by atoms with Crippen molar-refractivity contribution in [3.05, 3.63) is 35.9 Å². The second kappa shape index (κ2) is 11.4. The first-order chi connectivity index (χ1) is 13.3. The second-order valence-corrected chi connectivity index (χ2v) is 7.91. The van der Waals surface area contributed by atoms with Crippen molar-refractivity contribution in [3.8, 4) is 0 Å². The van der Waals surface area contributed by atoms with Gasteiger partial charge in [0, 0.05) is 38.8 Å². The van der Waals surface area contributed by atoms with Gasteiger partial charge in [-0.3, -0.25) is 9.69 Å². The molecular formula is C22H35N3O2. The van der Waals surface area contributed by atoms with Crippen LogP contribution in [-0.4, -0.2) is 55.7 Å². The Labute approximate surface area is 163 Å². The molecular weight excluding hydrogens is 338 g/mol. The molecule has 1 heterocycles. The van der Waals surface area contributed by atoms with Crippen LogP contribution in [0.2, 0.25) is 0 Å². The van der Waals surface area contributed by atoms with Crippen molar-refractivity contribution >= 4 is 5.91 Å². The first-order valence-electron chi connectivity index (χ1n) is 10.7. The van der Waals surface area contributed by atoms with E-state index in [1.807, 2.05) is 6.07 Å². The number of hydrogen-bond donors (Lipinski definition) is 2. The van der Waals surface area contributed by atoms with E-state index < -0.39 is 0 Å². The third-order valence-corrected chi connectivity index (χ3v) is 5.62. The van der Waals surface area contributed by atoms with Crippen LogP contribution in [0.25, 0.3) is 0 Å². The van der Waals surface area contributed by atoms with Crippen LogP contribution >= 0.6 is 0 Å². The van der Waals surface area contributed by atoms with Crippen LogP contribution in [0.15, 0.2) is 30.3 Å². The number of nitrogens with one attached hydrogen (secondary N) is 2. The molecule has 1 amide bonds. The van der Waals surface area contributed by atoms with Crippen LogP contribution in [0.3, 0.4) is 0 Å². The zero-order valence-corrected chi connectivity index (χ0v) is 16.5. The molecule has 1 aromatic rings. The summed E-state index contributed by atoms with van der Waals surface area (Å²) in [5, 5.41) is 6.65. The summed E-state index contributed by atoms with van der Waals surface area (Å²) in [6, 6.07) is 11.1. The molecule has 1 saturated carbocycles. The van der Waals surface area contributed by atoms with E-state index in [4.69, 9.17) is 4.74 Å². The topological polar surface area (TPSA) is 53.6 Å². The predicted molar refractivity (Wildman–Crippen MR) is 109 cm³/mol. The highest BCUT2D eigenvalue weighted by molar-refractivity contribution is 5.76. The van der Waals surface area contributed by atoms with Gasteiger partial charge in [-0.2, -0.15) is 0 Å². The third kappa shape index (κ3) is 7.60. The average Bonchev–Trinajstić information content (AvgIpc) is 2.95. The van der Waals surface area contributed by atoms with E-state index in [1.165, 1.54) is 44.1 Å². The Morgan fingerprint density at radius 1 is 1.07 bits per heavy atom. The molecule has 0 bridgehead atoms. The summed E-state index contributed by atoms with van der Waals surface area (Å²) in [6.45, 7) is 4.94. The van der Waals surface area contributed by atoms with E-state index in [0.717, 1.165) is 26.2 Å². The second-order valence-electron chi connectivity index (χ2n) is 7.91. The minimum Gasteiger partial charge on any atom is -0.375 e. The number of carbonyl (C=O) groups is 1. The lowest BCUT2D eigenvalue weighted by molar-refractivity contribution is -0.126. The maximum absolute atomic E-state index is 12.2. The molecule has 5 nitrogen and oxygen atoms in total. The molecule has 1 atom stereocenters. The zero-order valence-electron chi connectivity index (χ0n) is 16.5. The fraction of sp³-hybridized carbons (Fsp3) is 0.682. The lowest BCUT2D eigenvalue weighted by Crippen LogP contribution is -2.44. The summed E-state index contributed by atoms with van der Waals surface area (Å²) in [5.41, 5.74) is 1.31. The van der Waals surface area contributed by atoms with Gasteiger partial charge in [0.2, 0.25) is 5.91 Å². The van der Waals surface area contributed by atoms with E-state index in [2.05, 4.69) is 39.8 Å². The minimum atomic E-state index is -0.00252. The Hall–Kier alpha value is -1.43. The lowest BCUT2D eigenvalue weighted by Gasteiger charge is -2.32. The lowest BCUT2D eigenvalue weighted by atomic mass is 10.1. The SMILES string of the molecule is O=C(CC1CN(Cc2ccccc2)CCO1)NCCNC1CCCCCC1. The van der Waals surface area contributed by atoms with Crippen molar-refractivity contribution in [1.29, 1.82) is 0 Å². The van der Waals surface area contributed by atoms with Crippen LogP contribution in [-0.2, 0) is 16.1 Å². The fourth-order valence-electron chi connectivity index (χ4n) is 4.13. The van der Waals surface area contributed by atoms with Gasteiger partial charge in [0.25, 0.3) is 0 Å². The van der Waals surface area contributed by atoms with Crippen molar-refractivity contribution in [2.45, 2.75) is 63.6 Å².